The number of hydrogen-bond acceptors (Lipinski definition) is 3. The quantitative estimate of drug-likeness (QED) is 0.831. The summed E-state index contributed by atoms with van der Waals surface area (Å²) in [7, 11) is -3.29. The van der Waals surface area contributed by atoms with Crippen LogP contribution in [0.5, 0.6) is 0 Å². The van der Waals surface area contributed by atoms with Crippen LogP contribution in [0.25, 0.3) is 0 Å². The fourth-order valence-electron chi connectivity index (χ4n) is 2.37. The van der Waals surface area contributed by atoms with Gasteiger partial charge in [-0.25, -0.2) is 8.42 Å². The summed E-state index contributed by atoms with van der Waals surface area (Å²) in [6, 6.07) is 3.46. The van der Waals surface area contributed by atoms with Gasteiger partial charge in [0.2, 0.25) is 0 Å². The zero-order chi connectivity index (χ0) is 12.6. The summed E-state index contributed by atoms with van der Waals surface area (Å²) in [5, 5.41) is 0. The van der Waals surface area contributed by atoms with Crippen LogP contribution in [0.4, 0.5) is 0 Å². The number of sulfonamides is 1. The lowest BCUT2D eigenvalue weighted by molar-refractivity contribution is 0.223. The summed E-state index contributed by atoms with van der Waals surface area (Å²) < 4.78 is 27.7. The van der Waals surface area contributed by atoms with Crippen molar-refractivity contribution >= 4 is 37.3 Å². The van der Waals surface area contributed by atoms with E-state index in [0.717, 1.165) is 10.2 Å². The van der Waals surface area contributed by atoms with Gasteiger partial charge in [-0.3, -0.25) is 0 Å². The minimum absolute atomic E-state index is 0.436. The Hall–Kier alpha value is 0.0900. The summed E-state index contributed by atoms with van der Waals surface area (Å²) in [4.78, 5) is 0. The molecule has 0 amide bonds. The van der Waals surface area contributed by atoms with Crippen molar-refractivity contribution in [3.8, 4) is 0 Å². The van der Waals surface area contributed by atoms with E-state index in [-0.39, 0.29) is 0 Å². The Morgan fingerprint density at radius 3 is 2.35 bits per heavy atom. The molecule has 2 heterocycles. The van der Waals surface area contributed by atoms with E-state index in [4.69, 9.17) is 0 Å². The van der Waals surface area contributed by atoms with Crippen LogP contribution in [0.3, 0.4) is 0 Å². The number of nitrogens with zero attached hydrogens (tertiary/aromatic N) is 1. The highest BCUT2D eigenvalue weighted by Crippen LogP contribution is 2.31. The van der Waals surface area contributed by atoms with Gasteiger partial charge < -0.3 is 0 Å². The number of piperidine rings is 1. The molecule has 2 atom stereocenters. The normalized spacial score (nSPS) is 27.2. The Labute approximate surface area is 115 Å². The summed E-state index contributed by atoms with van der Waals surface area (Å²) in [5.74, 6) is 0.883. The Kier molecular flexibility index (Phi) is 3.97. The number of thiophene rings is 1. The molecule has 17 heavy (non-hydrogen) atoms. The Bertz CT molecular complexity index is 487. The van der Waals surface area contributed by atoms with E-state index in [1.165, 1.54) is 11.3 Å². The largest absolute Gasteiger partial charge is 0.252 e. The molecule has 96 valence electrons. The van der Waals surface area contributed by atoms with Gasteiger partial charge >= 0.3 is 0 Å². The van der Waals surface area contributed by atoms with Crippen LogP contribution in [0.15, 0.2) is 20.1 Å². The molecular formula is C11H16BrNO2S2. The minimum atomic E-state index is -3.29. The highest BCUT2D eigenvalue weighted by Gasteiger charge is 2.32. The molecule has 1 aromatic heterocycles. The summed E-state index contributed by atoms with van der Waals surface area (Å²) >= 11 is 4.59. The molecule has 2 rings (SSSR count). The number of halogens is 1. The molecule has 0 unspecified atom stereocenters. The number of hydrogen-bond donors (Lipinski definition) is 0. The first-order valence-electron chi connectivity index (χ1n) is 5.65. The fraction of sp³-hybridized carbons (Fsp3) is 0.636. The van der Waals surface area contributed by atoms with Crippen molar-refractivity contribution in [2.45, 2.75) is 24.5 Å². The van der Waals surface area contributed by atoms with E-state index in [1.54, 1.807) is 16.4 Å². The summed E-state index contributed by atoms with van der Waals surface area (Å²) in [6.45, 7) is 5.51. The van der Waals surface area contributed by atoms with Gasteiger partial charge in [-0.05, 0) is 46.3 Å². The van der Waals surface area contributed by atoms with E-state index < -0.39 is 10.0 Å². The van der Waals surface area contributed by atoms with Gasteiger partial charge in [0.15, 0.2) is 0 Å². The second-order valence-electron chi connectivity index (χ2n) is 4.83. The van der Waals surface area contributed by atoms with Crippen molar-refractivity contribution in [3.63, 3.8) is 0 Å². The lowest BCUT2D eigenvalue weighted by atomic mass is 9.94. The Morgan fingerprint density at radius 1 is 1.29 bits per heavy atom. The van der Waals surface area contributed by atoms with Crippen LogP contribution in [-0.4, -0.2) is 25.8 Å². The van der Waals surface area contributed by atoms with Gasteiger partial charge in [0, 0.05) is 13.1 Å². The lowest BCUT2D eigenvalue weighted by Crippen LogP contribution is -2.42. The molecule has 0 aromatic carbocycles. The standard InChI is InChI=1S/C11H16BrNO2S2/c1-8-5-9(2)7-13(6-8)17(14,15)11-4-3-10(12)16-11/h3-4,8-9H,5-7H2,1-2H3/t8-,9-/m0/s1. The van der Waals surface area contributed by atoms with Crippen molar-refractivity contribution < 1.29 is 8.42 Å². The second kappa shape index (κ2) is 4.99. The molecular weight excluding hydrogens is 322 g/mol. The fourth-order valence-corrected chi connectivity index (χ4v) is 6.21. The molecule has 1 fully saturated rings. The van der Waals surface area contributed by atoms with Gasteiger partial charge in [0.25, 0.3) is 10.0 Å². The van der Waals surface area contributed by atoms with Crippen molar-refractivity contribution in [3.05, 3.63) is 15.9 Å². The number of rotatable bonds is 2. The molecule has 0 radical (unpaired) electrons. The molecule has 0 aliphatic carbocycles. The average Bonchev–Trinajstić information content (AvgIpc) is 2.64. The highest BCUT2D eigenvalue weighted by molar-refractivity contribution is 9.11. The Morgan fingerprint density at radius 2 is 1.88 bits per heavy atom. The van der Waals surface area contributed by atoms with Crippen molar-refractivity contribution in [2.75, 3.05) is 13.1 Å². The zero-order valence-corrected chi connectivity index (χ0v) is 13.1. The summed E-state index contributed by atoms with van der Waals surface area (Å²) in [5.41, 5.74) is 0. The zero-order valence-electron chi connectivity index (χ0n) is 9.89. The van der Waals surface area contributed by atoms with Crippen molar-refractivity contribution in [1.82, 2.24) is 4.31 Å². The predicted molar refractivity (Wildman–Crippen MR) is 73.7 cm³/mol. The molecule has 3 nitrogen and oxygen atoms in total. The van der Waals surface area contributed by atoms with Crippen molar-refractivity contribution in [2.24, 2.45) is 11.8 Å². The van der Waals surface area contributed by atoms with Crippen LogP contribution < -0.4 is 0 Å². The first kappa shape index (κ1) is 13.5. The molecule has 1 saturated heterocycles. The first-order valence-corrected chi connectivity index (χ1v) is 8.70. The average molecular weight is 338 g/mol. The van der Waals surface area contributed by atoms with Crippen LogP contribution in [0.1, 0.15) is 20.3 Å². The van der Waals surface area contributed by atoms with Gasteiger partial charge in [-0.2, -0.15) is 4.31 Å². The van der Waals surface area contributed by atoms with Crippen LogP contribution in [-0.2, 0) is 10.0 Å². The molecule has 0 spiro atoms. The Balaban J connectivity index is 2.26. The van der Waals surface area contributed by atoms with E-state index >= 15 is 0 Å². The lowest BCUT2D eigenvalue weighted by Gasteiger charge is -2.33. The molecule has 1 aliphatic heterocycles. The van der Waals surface area contributed by atoms with E-state index in [1.807, 2.05) is 0 Å². The third-order valence-corrected chi connectivity index (χ3v) is 6.90. The van der Waals surface area contributed by atoms with Gasteiger partial charge in [-0.15, -0.1) is 11.3 Å². The monoisotopic (exact) mass is 337 g/mol. The van der Waals surface area contributed by atoms with Crippen LogP contribution in [0.2, 0.25) is 0 Å². The first-order chi connectivity index (χ1) is 7.89. The van der Waals surface area contributed by atoms with Crippen LogP contribution in [0, 0.1) is 11.8 Å². The predicted octanol–water partition coefficient (Wildman–Crippen LogP) is 3.18. The highest BCUT2D eigenvalue weighted by atomic mass is 79.9. The smallest absolute Gasteiger partial charge is 0.206 e. The van der Waals surface area contributed by atoms with E-state index in [0.29, 0.717) is 29.1 Å². The minimum Gasteiger partial charge on any atom is -0.206 e. The molecule has 0 bridgehead atoms. The molecule has 0 saturated carbocycles. The third kappa shape index (κ3) is 2.92. The molecule has 0 N–H and O–H groups in total. The molecule has 1 aromatic rings. The van der Waals surface area contributed by atoms with E-state index in [2.05, 4.69) is 29.8 Å². The van der Waals surface area contributed by atoms with Gasteiger partial charge in [0.1, 0.15) is 4.21 Å². The van der Waals surface area contributed by atoms with Gasteiger partial charge in [-0.1, -0.05) is 13.8 Å². The van der Waals surface area contributed by atoms with Crippen molar-refractivity contribution in [1.29, 1.82) is 0 Å². The second-order valence-corrected chi connectivity index (χ2v) is 9.45. The SMILES string of the molecule is C[C@H]1C[C@H](C)CN(S(=O)(=O)c2ccc(Br)s2)C1. The maximum atomic E-state index is 12.4. The van der Waals surface area contributed by atoms with E-state index in [9.17, 15) is 8.42 Å². The van der Waals surface area contributed by atoms with Crippen LogP contribution >= 0.6 is 27.3 Å². The maximum absolute atomic E-state index is 12.4. The third-order valence-electron chi connectivity index (χ3n) is 2.98. The molecule has 6 heteroatoms. The summed E-state index contributed by atoms with van der Waals surface area (Å²) in [6.07, 6.45) is 1.11. The molecule has 1 aliphatic rings. The van der Waals surface area contributed by atoms with Gasteiger partial charge in [0.05, 0.1) is 3.79 Å². The maximum Gasteiger partial charge on any atom is 0.252 e. The topological polar surface area (TPSA) is 37.4 Å².